The van der Waals surface area contributed by atoms with Crippen molar-refractivity contribution in [2.75, 3.05) is 7.11 Å². The second-order valence-corrected chi connectivity index (χ2v) is 6.95. The molecule has 4 rings (SSSR count). The molecule has 3 aromatic rings. The molecule has 0 aromatic carbocycles. The minimum Gasteiger partial charge on any atom is -0.399 e. The van der Waals surface area contributed by atoms with Crippen LogP contribution in [0.3, 0.4) is 0 Å². The zero-order valence-electron chi connectivity index (χ0n) is 14.2. The molecule has 6 heteroatoms. The highest BCUT2D eigenvalue weighted by atomic mass is 32.1. The number of hydrogen-bond donors (Lipinski definition) is 0. The van der Waals surface area contributed by atoms with Crippen LogP contribution >= 0.6 is 11.3 Å². The van der Waals surface area contributed by atoms with Crippen LogP contribution < -0.4 is 0 Å². The predicted molar refractivity (Wildman–Crippen MR) is 99.8 cm³/mol. The molecule has 0 spiro atoms. The third-order valence-electron chi connectivity index (χ3n) is 4.25. The smallest absolute Gasteiger partial charge is 0.125 e. The van der Waals surface area contributed by atoms with Crippen molar-refractivity contribution >= 4 is 17.0 Å². The van der Waals surface area contributed by atoms with Gasteiger partial charge in [-0.1, -0.05) is 11.2 Å². The van der Waals surface area contributed by atoms with Crippen LogP contribution in [0.5, 0.6) is 0 Å². The number of hydrogen-bond acceptors (Lipinski definition) is 6. The molecule has 0 saturated carbocycles. The van der Waals surface area contributed by atoms with Gasteiger partial charge >= 0.3 is 0 Å². The van der Waals surface area contributed by atoms with Crippen LogP contribution in [0, 0.1) is 6.92 Å². The first-order valence-electron chi connectivity index (χ1n) is 8.25. The SMILES string of the molecule is CO/N=C1\CCCc2ccc(-c3sc(-c4cccnc4)nc3C)nc21. The van der Waals surface area contributed by atoms with Crippen LogP contribution in [0.15, 0.2) is 41.8 Å². The monoisotopic (exact) mass is 350 g/mol. The Morgan fingerprint density at radius 3 is 2.88 bits per heavy atom. The van der Waals surface area contributed by atoms with Crippen molar-refractivity contribution in [3.8, 4) is 21.1 Å². The van der Waals surface area contributed by atoms with Gasteiger partial charge in [0, 0.05) is 18.0 Å². The standard InChI is InChI=1S/C19H18N4OS/c1-12-18(25-19(21-12)14-6-4-10-20-11-14)16-9-8-13-5-3-7-15(23-24-2)17(13)22-16/h4,6,8-11H,3,5,7H2,1-2H3/b23-15+. The lowest BCUT2D eigenvalue weighted by atomic mass is 9.94. The highest BCUT2D eigenvalue weighted by Crippen LogP contribution is 2.35. The van der Waals surface area contributed by atoms with E-state index in [2.05, 4.69) is 22.3 Å². The zero-order chi connectivity index (χ0) is 17.2. The molecule has 0 atom stereocenters. The molecule has 25 heavy (non-hydrogen) atoms. The van der Waals surface area contributed by atoms with E-state index in [4.69, 9.17) is 14.8 Å². The maximum absolute atomic E-state index is 5.00. The molecule has 1 aliphatic carbocycles. The second-order valence-electron chi connectivity index (χ2n) is 5.95. The molecule has 0 aliphatic heterocycles. The van der Waals surface area contributed by atoms with Crippen LogP contribution in [0.1, 0.15) is 29.8 Å². The number of oxime groups is 1. The molecule has 0 N–H and O–H groups in total. The average Bonchev–Trinajstić information content (AvgIpc) is 3.04. The molecule has 5 nitrogen and oxygen atoms in total. The summed E-state index contributed by atoms with van der Waals surface area (Å²) < 4.78 is 0. The Bertz CT molecular complexity index is 934. The summed E-state index contributed by atoms with van der Waals surface area (Å²) in [6.45, 7) is 2.02. The van der Waals surface area contributed by atoms with Crippen molar-refractivity contribution in [2.45, 2.75) is 26.2 Å². The topological polar surface area (TPSA) is 60.3 Å². The van der Waals surface area contributed by atoms with Crippen LogP contribution in [0.25, 0.3) is 21.1 Å². The number of aromatic nitrogens is 3. The summed E-state index contributed by atoms with van der Waals surface area (Å²) in [5, 5.41) is 5.13. The molecular formula is C19H18N4OS. The van der Waals surface area contributed by atoms with Gasteiger partial charge in [-0.2, -0.15) is 0 Å². The van der Waals surface area contributed by atoms with Gasteiger partial charge in [0.25, 0.3) is 0 Å². The van der Waals surface area contributed by atoms with Gasteiger partial charge < -0.3 is 4.84 Å². The van der Waals surface area contributed by atoms with Crippen LogP contribution in [-0.4, -0.2) is 27.8 Å². The molecule has 0 amide bonds. The third-order valence-corrected chi connectivity index (χ3v) is 5.48. The Kier molecular flexibility index (Phi) is 4.28. The minimum absolute atomic E-state index is 0.903. The lowest BCUT2D eigenvalue weighted by Gasteiger charge is -2.16. The van der Waals surface area contributed by atoms with E-state index in [1.165, 1.54) is 5.56 Å². The van der Waals surface area contributed by atoms with Gasteiger partial charge in [0.1, 0.15) is 17.8 Å². The van der Waals surface area contributed by atoms with Crippen molar-refractivity contribution in [2.24, 2.45) is 5.16 Å². The Hall–Kier alpha value is -2.60. The molecule has 0 fully saturated rings. The molecule has 3 heterocycles. The van der Waals surface area contributed by atoms with Gasteiger partial charge in [0.2, 0.25) is 0 Å². The molecule has 126 valence electrons. The molecule has 1 aliphatic rings. The summed E-state index contributed by atoms with van der Waals surface area (Å²) in [6.07, 6.45) is 6.63. The largest absolute Gasteiger partial charge is 0.399 e. The van der Waals surface area contributed by atoms with E-state index in [9.17, 15) is 0 Å². The van der Waals surface area contributed by atoms with Crippen LogP contribution in [0.4, 0.5) is 0 Å². The number of thiazole rings is 1. The van der Waals surface area contributed by atoms with Crippen molar-refractivity contribution in [1.82, 2.24) is 15.0 Å². The van der Waals surface area contributed by atoms with Gasteiger partial charge in [-0.3, -0.25) is 4.98 Å². The lowest BCUT2D eigenvalue weighted by molar-refractivity contribution is 0.212. The number of fused-ring (bicyclic) bond motifs is 1. The van der Waals surface area contributed by atoms with Gasteiger partial charge in [-0.25, -0.2) is 9.97 Å². The highest BCUT2D eigenvalue weighted by Gasteiger charge is 2.20. The Morgan fingerprint density at radius 2 is 2.08 bits per heavy atom. The summed E-state index contributed by atoms with van der Waals surface area (Å²) in [5.41, 5.74) is 6.08. The van der Waals surface area contributed by atoms with Gasteiger partial charge in [-0.15, -0.1) is 11.3 Å². The first-order chi connectivity index (χ1) is 12.3. The van der Waals surface area contributed by atoms with E-state index in [-0.39, 0.29) is 0 Å². The Balaban J connectivity index is 1.77. The van der Waals surface area contributed by atoms with E-state index in [0.29, 0.717) is 0 Å². The summed E-state index contributed by atoms with van der Waals surface area (Å²) in [4.78, 5) is 19.9. The number of rotatable bonds is 3. The fourth-order valence-corrected chi connectivity index (χ4v) is 4.10. The molecule has 0 radical (unpaired) electrons. The third kappa shape index (κ3) is 3.05. The first kappa shape index (κ1) is 15.9. The van der Waals surface area contributed by atoms with E-state index >= 15 is 0 Å². The summed E-state index contributed by atoms with van der Waals surface area (Å²) in [7, 11) is 1.58. The number of pyridine rings is 2. The van der Waals surface area contributed by atoms with Gasteiger partial charge in [0.05, 0.1) is 22.0 Å². The molecular weight excluding hydrogens is 332 g/mol. The second kappa shape index (κ2) is 6.72. The van der Waals surface area contributed by atoms with Crippen LogP contribution in [0.2, 0.25) is 0 Å². The van der Waals surface area contributed by atoms with Gasteiger partial charge in [0.15, 0.2) is 0 Å². The highest BCUT2D eigenvalue weighted by molar-refractivity contribution is 7.18. The van der Waals surface area contributed by atoms with E-state index in [1.807, 2.05) is 25.3 Å². The van der Waals surface area contributed by atoms with Crippen molar-refractivity contribution in [1.29, 1.82) is 0 Å². The summed E-state index contributed by atoms with van der Waals surface area (Å²) in [6, 6.07) is 8.20. The van der Waals surface area contributed by atoms with E-state index < -0.39 is 0 Å². The normalized spacial score (nSPS) is 15.2. The van der Waals surface area contributed by atoms with E-state index in [0.717, 1.165) is 57.5 Å². The van der Waals surface area contributed by atoms with E-state index in [1.54, 1.807) is 24.6 Å². The number of nitrogens with zero attached hydrogens (tertiary/aromatic N) is 4. The molecule has 0 bridgehead atoms. The Morgan fingerprint density at radius 1 is 1.16 bits per heavy atom. The zero-order valence-corrected chi connectivity index (χ0v) is 15.0. The Labute approximate surface area is 150 Å². The lowest BCUT2D eigenvalue weighted by Crippen LogP contribution is -2.14. The molecule has 0 saturated heterocycles. The molecule has 3 aromatic heterocycles. The van der Waals surface area contributed by atoms with Crippen molar-refractivity contribution in [3.63, 3.8) is 0 Å². The van der Waals surface area contributed by atoms with Gasteiger partial charge in [-0.05, 0) is 49.9 Å². The predicted octanol–water partition coefficient (Wildman–Crippen LogP) is 4.26. The summed E-state index contributed by atoms with van der Waals surface area (Å²) in [5.74, 6) is 0. The fourth-order valence-electron chi connectivity index (χ4n) is 3.08. The van der Waals surface area contributed by atoms with Crippen molar-refractivity contribution in [3.05, 3.63) is 53.6 Å². The summed E-state index contributed by atoms with van der Waals surface area (Å²) >= 11 is 1.65. The maximum Gasteiger partial charge on any atom is 0.125 e. The van der Waals surface area contributed by atoms with Crippen LogP contribution in [-0.2, 0) is 11.3 Å². The van der Waals surface area contributed by atoms with Crippen molar-refractivity contribution < 1.29 is 4.84 Å². The number of aryl methyl sites for hydroxylation is 2. The quantitative estimate of drug-likeness (QED) is 0.662. The average molecular weight is 350 g/mol. The first-order valence-corrected chi connectivity index (χ1v) is 9.06. The molecule has 0 unspecified atom stereocenters. The minimum atomic E-state index is 0.903. The maximum atomic E-state index is 5.00. The fraction of sp³-hybridized carbons (Fsp3) is 0.263.